The topological polar surface area (TPSA) is 67.6 Å². The molecule has 3 rings (SSSR count). The third-order valence-corrected chi connectivity index (χ3v) is 5.46. The number of nitrogens with zero attached hydrogens (tertiary/aromatic N) is 5. The molecule has 1 N–H and O–H groups in total. The van der Waals surface area contributed by atoms with Crippen LogP contribution in [0.4, 0.5) is 0 Å². The number of guanidine groups is 1. The number of hydrogen-bond donors (Lipinski definition) is 1. The standard InChI is InChI=1S/C22H34N6O/c1-4-29-14-8-12-23-22(24-16-21-26-25-18(2)27(21)3)28-13-11-20(17-28)15-19-9-6-5-7-10-19/h5-7,9-10,20H,4,8,11-17H2,1-3H3,(H,23,24). The molecule has 1 atom stereocenters. The van der Waals surface area contributed by atoms with Gasteiger partial charge in [-0.15, -0.1) is 10.2 Å². The Kier molecular flexibility index (Phi) is 8.04. The van der Waals surface area contributed by atoms with E-state index in [1.165, 1.54) is 12.0 Å². The molecule has 0 radical (unpaired) electrons. The van der Waals surface area contributed by atoms with Crippen LogP contribution in [0.25, 0.3) is 0 Å². The lowest BCUT2D eigenvalue weighted by molar-refractivity contribution is 0.145. The SMILES string of the molecule is CCOCCCNC(=NCc1nnc(C)n1C)N1CCC(Cc2ccccc2)C1. The monoisotopic (exact) mass is 398 g/mol. The summed E-state index contributed by atoms with van der Waals surface area (Å²) in [6.07, 6.45) is 3.28. The highest BCUT2D eigenvalue weighted by molar-refractivity contribution is 5.80. The Bertz CT molecular complexity index is 773. The fourth-order valence-corrected chi connectivity index (χ4v) is 3.66. The Morgan fingerprint density at radius 2 is 2.10 bits per heavy atom. The van der Waals surface area contributed by atoms with E-state index in [1.807, 2.05) is 25.5 Å². The van der Waals surface area contributed by atoms with E-state index < -0.39 is 0 Å². The third-order valence-electron chi connectivity index (χ3n) is 5.46. The molecule has 1 aromatic heterocycles. The van der Waals surface area contributed by atoms with Gasteiger partial charge < -0.3 is 19.5 Å². The number of hydrogen-bond acceptors (Lipinski definition) is 4. The van der Waals surface area contributed by atoms with Gasteiger partial charge in [-0.25, -0.2) is 4.99 Å². The first-order valence-corrected chi connectivity index (χ1v) is 10.7. The molecule has 2 heterocycles. The van der Waals surface area contributed by atoms with Crippen molar-refractivity contribution in [2.45, 2.75) is 39.7 Å². The Balaban J connectivity index is 1.60. The van der Waals surface area contributed by atoms with Crippen LogP contribution in [0.15, 0.2) is 35.3 Å². The highest BCUT2D eigenvalue weighted by Crippen LogP contribution is 2.21. The van der Waals surface area contributed by atoms with Gasteiger partial charge in [-0.1, -0.05) is 30.3 Å². The first-order chi connectivity index (χ1) is 14.2. The van der Waals surface area contributed by atoms with Gasteiger partial charge >= 0.3 is 0 Å². The number of nitrogens with one attached hydrogen (secondary N) is 1. The van der Waals surface area contributed by atoms with E-state index in [-0.39, 0.29) is 0 Å². The van der Waals surface area contributed by atoms with Gasteiger partial charge in [0.1, 0.15) is 12.4 Å². The molecule has 0 aliphatic carbocycles. The first-order valence-electron chi connectivity index (χ1n) is 10.7. The van der Waals surface area contributed by atoms with E-state index in [2.05, 4.69) is 50.7 Å². The van der Waals surface area contributed by atoms with Crippen molar-refractivity contribution >= 4 is 5.96 Å². The maximum absolute atomic E-state index is 5.46. The average Bonchev–Trinajstić information content (AvgIpc) is 3.32. The summed E-state index contributed by atoms with van der Waals surface area (Å²) >= 11 is 0. The molecule has 1 fully saturated rings. The summed E-state index contributed by atoms with van der Waals surface area (Å²) in [5.74, 6) is 3.42. The van der Waals surface area contributed by atoms with Gasteiger partial charge in [-0.3, -0.25) is 0 Å². The molecule has 0 amide bonds. The molecular weight excluding hydrogens is 364 g/mol. The Morgan fingerprint density at radius 1 is 1.28 bits per heavy atom. The first kappa shape index (κ1) is 21.3. The predicted molar refractivity (Wildman–Crippen MR) is 116 cm³/mol. The Labute approximate surface area is 174 Å². The van der Waals surface area contributed by atoms with Gasteiger partial charge in [-0.05, 0) is 44.6 Å². The van der Waals surface area contributed by atoms with E-state index in [0.717, 1.165) is 63.3 Å². The number of aliphatic imine (C=N–C) groups is 1. The van der Waals surface area contributed by atoms with E-state index >= 15 is 0 Å². The predicted octanol–water partition coefficient (Wildman–Crippen LogP) is 2.56. The zero-order chi connectivity index (χ0) is 20.5. The van der Waals surface area contributed by atoms with Crippen LogP contribution in [-0.4, -0.2) is 58.5 Å². The summed E-state index contributed by atoms with van der Waals surface area (Å²) in [7, 11) is 1.99. The van der Waals surface area contributed by atoms with Crippen molar-refractivity contribution in [3.05, 3.63) is 47.5 Å². The van der Waals surface area contributed by atoms with Crippen molar-refractivity contribution < 1.29 is 4.74 Å². The second-order valence-corrected chi connectivity index (χ2v) is 7.63. The van der Waals surface area contributed by atoms with Crippen molar-refractivity contribution in [1.29, 1.82) is 0 Å². The lowest BCUT2D eigenvalue weighted by Gasteiger charge is -2.22. The zero-order valence-electron chi connectivity index (χ0n) is 18.0. The highest BCUT2D eigenvalue weighted by Gasteiger charge is 2.25. The maximum Gasteiger partial charge on any atom is 0.194 e. The summed E-state index contributed by atoms with van der Waals surface area (Å²) in [6.45, 7) is 8.98. The maximum atomic E-state index is 5.46. The molecule has 0 saturated carbocycles. The summed E-state index contributed by atoms with van der Waals surface area (Å²) < 4.78 is 7.46. The summed E-state index contributed by atoms with van der Waals surface area (Å²) in [4.78, 5) is 7.26. The van der Waals surface area contributed by atoms with Crippen LogP contribution in [-0.2, 0) is 24.8 Å². The van der Waals surface area contributed by atoms with Gasteiger partial charge in [0.05, 0.1) is 0 Å². The van der Waals surface area contributed by atoms with Crippen molar-refractivity contribution in [3.63, 3.8) is 0 Å². The molecule has 7 nitrogen and oxygen atoms in total. The minimum atomic E-state index is 0.533. The van der Waals surface area contributed by atoms with Crippen LogP contribution >= 0.6 is 0 Å². The van der Waals surface area contributed by atoms with Crippen LogP contribution < -0.4 is 5.32 Å². The molecule has 1 aliphatic heterocycles. The summed E-state index contributed by atoms with van der Waals surface area (Å²) in [6, 6.07) is 10.8. The third kappa shape index (κ3) is 6.29. The van der Waals surface area contributed by atoms with Gasteiger partial charge in [0.15, 0.2) is 11.8 Å². The number of aryl methyl sites for hydroxylation is 1. The van der Waals surface area contributed by atoms with Crippen LogP contribution in [0.3, 0.4) is 0 Å². The van der Waals surface area contributed by atoms with Crippen LogP contribution in [0.1, 0.15) is 37.0 Å². The van der Waals surface area contributed by atoms with Gasteiger partial charge in [0, 0.05) is 39.9 Å². The highest BCUT2D eigenvalue weighted by atomic mass is 16.5. The van der Waals surface area contributed by atoms with Crippen LogP contribution in [0.5, 0.6) is 0 Å². The second-order valence-electron chi connectivity index (χ2n) is 7.63. The minimum Gasteiger partial charge on any atom is -0.382 e. The normalized spacial score (nSPS) is 17.1. The molecule has 7 heteroatoms. The van der Waals surface area contributed by atoms with Crippen molar-refractivity contribution in [3.8, 4) is 0 Å². The smallest absolute Gasteiger partial charge is 0.194 e. The molecule has 1 saturated heterocycles. The molecule has 0 bridgehead atoms. The molecule has 29 heavy (non-hydrogen) atoms. The molecular formula is C22H34N6O. The number of rotatable bonds is 9. The quantitative estimate of drug-likeness (QED) is 0.399. The lowest BCUT2D eigenvalue weighted by atomic mass is 9.99. The van der Waals surface area contributed by atoms with E-state index in [0.29, 0.717) is 12.5 Å². The van der Waals surface area contributed by atoms with Crippen molar-refractivity contribution in [2.24, 2.45) is 18.0 Å². The fourth-order valence-electron chi connectivity index (χ4n) is 3.66. The van der Waals surface area contributed by atoms with E-state index in [9.17, 15) is 0 Å². The molecule has 0 spiro atoms. The summed E-state index contributed by atoms with van der Waals surface area (Å²) in [5, 5.41) is 11.9. The second kappa shape index (κ2) is 11.0. The van der Waals surface area contributed by atoms with Gasteiger partial charge in [0.25, 0.3) is 0 Å². The molecule has 158 valence electrons. The number of likely N-dealkylation sites (tertiary alicyclic amines) is 1. The molecule has 1 aliphatic rings. The fraction of sp³-hybridized carbons (Fsp3) is 0.591. The zero-order valence-corrected chi connectivity index (χ0v) is 18.0. The number of ether oxygens (including phenoxy) is 1. The van der Waals surface area contributed by atoms with Crippen molar-refractivity contribution in [2.75, 3.05) is 32.8 Å². The van der Waals surface area contributed by atoms with Gasteiger partial charge in [0.2, 0.25) is 0 Å². The van der Waals surface area contributed by atoms with E-state index in [1.54, 1.807) is 0 Å². The van der Waals surface area contributed by atoms with Crippen molar-refractivity contribution in [1.82, 2.24) is 25.0 Å². The Morgan fingerprint density at radius 3 is 2.83 bits per heavy atom. The minimum absolute atomic E-state index is 0.533. The molecule has 1 unspecified atom stereocenters. The van der Waals surface area contributed by atoms with Gasteiger partial charge in [-0.2, -0.15) is 0 Å². The number of aromatic nitrogens is 3. The molecule has 1 aromatic carbocycles. The lowest BCUT2D eigenvalue weighted by Crippen LogP contribution is -2.41. The number of benzene rings is 1. The largest absolute Gasteiger partial charge is 0.382 e. The Hall–Kier alpha value is -2.41. The van der Waals surface area contributed by atoms with E-state index in [4.69, 9.17) is 9.73 Å². The average molecular weight is 399 g/mol. The van der Waals surface area contributed by atoms with Crippen LogP contribution in [0, 0.1) is 12.8 Å². The summed E-state index contributed by atoms with van der Waals surface area (Å²) in [5.41, 5.74) is 1.41. The van der Waals surface area contributed by atoms with Crippen LogP contribution in [0.2, 0.25) is 0 Å². The molecule has 2 aromatic rings.